The van der Waals surface area contributed by atoms with Crippen molar-refractivity contribution in [2.75, 3.05) is 13.7 Å². The van der Waals surface area contributed by atoms with Crippen LogP contribution in [0.3, 0.4) is 0 Å². The van der Waals surface area contributed by atoms with E-state index >= 15 is 0 Å². The molecule has 0 fully saturated rings. The number of ether oxygens (including phenoxy) is 1. The molecule has 0 unspecified atom stereocenters. The van der Waals surface area contributed by atoms with Gasteiger partial charge in [0.2, 0.25) is 0 Å². The SMILES string of the molecule is CCCN(Cc1ccccc1)Cc1cnc(-c2c(CC)cccc2CC)cc1OC. The fraction of sp³-hybridized carbons (Fsp3) is 0.370. The van der Waals surface area contributed by atoms with E-state index in [1.165, 1.54) is 22.3 Å². The molecule has 158 valence electrons. The predicted octanol–water partition coefficient (Wildman–Crippen LogP) is 6.29. The molecule has 3 aromatic rings. The van der Waals surface area contributed by atoms with Crippen LogP contribution in [0.5, 0.6) is 5.75 Å². The Morgan fingerprint density at radius 3 is 2.13 bits per heavy atom. The highest BCUT2D eigenvalue weighted by Gasteiger charge is 2.15. The normalized spacial score (nSPS) is 11.1. The summed E-state index contributed by atoms with van der Waals surface area (Å²) in [6.07, 6.45) is 5.12. The molecular weight excluding hydrogens is 368 g/mol. The quantitative estimate of drug-likeness (QED) is 0.398. The average Bonchev–Trinajstić information content (AvgIpc) is 2.79. The molecule has 0 saturated heterocycles. The molecule has 0 amide bonds. The van der Waals surface area contributed by atoms with Crippen LogP contribution in [0.4, 0.5) is 0 Å². The Balaban J connectivity index is 1.90. The maximum Gasteiger partial charge on any atom is 0.127 e. The topological polar surface area (TPSA) is 25.4 Å². The van der Waals surface area contributed by atoms with E-state index in [-0.39, 0.29) is 0 Å². The molecule has 3 rings (SSSR count). The molecule has 1 aromatic heterocycles. The van der Waals surface area contributed by atoms with Crippen LogP contribution >= 0.6 is 0 Å². The Morgan fingerprint density at radius 2 is 1.53 bits per heavy atom. The standard InChI is InChI=1S/C27H34N2O/c1-5-16-29(19-21-12-9-8-10-13-21)20-24-18-28-25(17-26(24)30-4)27-22(6-2)14-11-15-23(27)7-3/h8-15,17-18H,5-7,16,19-20H2,1-4H3. The molecule has 0 bridgehead atoms. The first kappa shape index (κ1) is 22.0. The molecule has 30 heavy (non-hydrogen) atoms. The molecule has 0 aliphatic heterocycles. The maximum absolute atomic E-state index is 5.82. The van der Waals surface area contributed by atoms with Gasteiger partial charge in [0.25, 0.3) is 0 Å². The van der Waals surface area contributed by atoms with Crippen LogP contribution < -0.4 is 4.74 Å². The first-order chi connectivity index (χ1) is 14.7. The average molecular weight is 403 g/mol. The fourth-order valence-electron chi connectivity index (χ4n) is 4.10. The third-order valence-electron chi connectivity index (χ3n) is 5.60. The summed E-state index contributed by atoms with van der Waals surface area (Å²) in [7, 11) is 1.76. The molecule has 0 radical (unpaired) electrons. The van der Waals surface area contributed by atoms with Gasteiger partial charge in [0.1, 0.15) is 5.75 Å². The second-order valence-corrected chi connectivity index (χ2v) is 7.74. The van der Waals surface area contributed by atoms with Gasteiger partial charge in [-0.25, -0.2) is 0 Å². The first-order valence-corrected chi connectivity index (χ1v) is 11.1. The number of hydrogen-bond donors (Lipinski definition) is 0. The van der Waals surface area contributed by atoms with Crippen molar-refractivity contribution in [1.29, 1.82) is 0 Å². The summed E-state index contributed by atoms with van der Waals surface area (Å²) in [6, 6.07) is 19.3. The molecule has 0 N–H and O–H groups in total. The summed E-state index contributed by atoms with van der Waals surface area (Å²) in [6.45, 7) is 9.43. The van der Waals surface area contributed by atoms with Gasteiger partial charge in [-0.2, -0.15) is 0 Å². The fourth-order valence-corrected chi connectivity index (χ4v) is 4.10. The maximum atomic E-state index is 5.82. The lowest BCUT2D eigenvalue weighted by Crippen LogP contribution is -2.24. The van der Waals surface area contributed by atoms with Crippen molar-refractivity contribution in [2.24, 2.45) is 0 Å². The van der Waals surface area contributed by atoms with Gasteiger partial charge in [0.05, 0.1) is 12.8 Å². The highest BCUT2D eigenvalue weighted by atomic mass is 16.5. The van der Waals surface area contributed by atoms with Crippen LogP contribution in [-0.4, -0.2) is 23.5 Å². The monoisotopic (exact) mass is 402 g/mol. The Kier molecular flexibility index (Phi) is 8.04. The molecule has 0 aliphatic rings. The minimum Gasteiger partial charge on any atom is -0.496 e. The largest absolute Gasteiger partial charge is 0.496 e. The van der Waals surface area contributed by atoms with E-state index in [9.17, 15) is 0 Å². The van der Waals surface area contributed by atoms with E-state index in [0.717, 1.165) is 55.9 Å². The molecule has 0 spiro atoms. The molecular formula is C27H34N2O. The summed E-state index contributed by atoms with van der Waals surface area (Å²) < 4.78 is 5.82. The zero-order valence-electron chi connectivity index (χ0n) is 18.8. The number of pyridine rings is 1. The molecule has 1 heterocycles. The molecule has 3 heteroatoms. The van der Waals surface area contributed by atoms with Crippen LogP contribution in [0.15, 0.2) is 60.8 Å². The van der Waals surface area contributed by atoms with Crippen LogP contribution in [0.2, 0.25) is 0 Å². The van der Waals surface area contributed by atoms with Crippen LogP contribution in [0.1, 0.15) is 49.4 Å². The smallest absolute Gasteiger partial charge is 0.127 e. The van der Waals surface area contributed by atoms with E-state index in [4.69, 9.17) is 9.72 Å². The minimum absolute atomic E-state index is 0.829. The number of methoxy groups -OCH3 is 1. The number of nitrogens with zero attached hydrogens (tertiary/aromatic N) is 2. The summed E-state index contributed by atoms with van der Waals surface area (Å²) in [5.41, 5.74) is 7.43. The van der Waals surface area contributed by atoms with Crippen molar-refractivity contribution >= 4 is 0 Å². The van der Waals surface area contributed by atoms with Gasteiger partial charge in [-0.15, -0.1) is 0 Å². The Hall–Kier alpha value is -2.65. The van der Waals surface area contributed by atoms with Crippen molar-refractivity contribution in [3.8, 4) is 17.0 Å². The van der Waals surface area contributed by atoms with Crippen LogP contribution in [-0.2, 0) is 25.9 Å². The third-order valence-corrected chi connectivity index (χ3v) is 5.60. The first-order valence-electron chi connectivity index (χ1n) is 11.1. The Labute approximate surface area is 181 Å². The lowest BCUT2D eigenvalue weighted by Gasteiger charge is -2.23. The molecule has 3 nitrogen and oxygen atoms in total. The molecule has 2 aromatic carbocycles. The second-order valence-electron chi connectivity index (χ2n) is 7.74. The Morgan fingerprint density at radius 1 is 0.833 bits per heavy atom. The summed E-state index contributed by atoms with van der Waals surface area (Å²) in [5.74, 6) is 0.919. The number of aromatic nitrogens is 1. The molecule has 0 saturated carbocycles. The second kappa shape index (κ2) is 10.9. The number of rotatable bonds is 10. The van der Waals surface area contributed by atoms with Gasteiger partial charge < -0.3 is 4.74 Å². The van der Waals surface area contributed by atoms with E-state index in [2.05, 4.69) is 80.3 Å². The van der Waals surface area contributed by atoms with E-state index in [1.807, 2.05) is 6.20 Å². The van der Waals surface area contributed by atoms with Crippen molar-refractivity contribution in [2.45, 2.75) is 53.1 Å². The van der Waals surface area contributed by atoms with Gasteiger partial charge in [0, 0.05) is 36.5 Å². The summed E-state index contributed by atoms with van der Waals surface area (Å²) in [5, 5.41) is 0. The lowest BCUT2D eigenvalue weighted by molar-refractivity contribution is 0.252. The van der Waals surface area contributed by atoms with Gasteiger partial charge >= 0.3 is 0 Å². The van der Waals surface area contributed by atoms with Gasteiger partial charge in [0.15, 0.2) is 0 Å². The number of benzene rings is 2. The lowest BCUT2D eigenvalue weighted by atomic mass is 9.94. The van der Waals surface area contributed by atoms with Gasteiger partial charge in [-0.1, -0.05) is 69.3 Å². The van der Waals surface area contributed by atoms with Crippen LogP contribution in [0, 0.1) is 0 Å². The molecule has 0 atom stereocenters. The third kappa shape index (κ3) is 5.28. The number of aryl methyl sites for hydroxylation is 2. The van der Waals surface area contributed by atoms with Crippen molar-refractivity contribution in [3.05, 3.63) is 83.0 Å². The van der Waals surface area contributed by atoms with Crippen molar-refractivity contribution < 1.29 is 4.74 Å². The molecule has 0 aliphatic carbocycles. The van der Waals surface area contributed by atoms with Crippen LogP contribution in [0.25, 0.3) is 11.3 Å². The predicted molar refractivity (Wildman–Crippen MR) is 126 cm³/mol. The number of hydrogen-bond acceptors (Lipinski definition) is 3. The minimum atomic E-state index is 0.829. The van der Waals surface area contributed by atoms with Gasteiger partial charge in [-0.05, 0) is 42.5 Å². The van der Waals surface area contributed by atoms with E-state index in [0.29, 0.717) is 0 Å². The van der Waals surface area contributed by atoms with Gasteiger partial charge in [-0.3, -0.25) is 9.88 Å². The zero-order chi connectivity index (χ0) is 21.3. The zero-order valence-corrected chi connectivity index (χ0v) is 18.8. The Bertz CT molecular complexity index is 915. The van der Waals surface area contributed by atoms with E-state index < -0.39 is 0 Å². The van der Waals surface area contributed by atoms with Crippen molar-refractivity contribution in [3.63, 3.8) is 0 Å². The summed E-state index contributed by atoms with van der Waals surface area (Å²) in [4.78, 5) is 7.35. The highest BCUT2D eigenvalue weighted by Crippen LogP contribution is 2.31. The van der Waals surface area contributed by atoms with E-state index in [1.54, 1.807) is 7.11 Å². The summed E-state index contributed by atoms with van der Waals surface area (Å²) >= 11 is 0. The highest BCUT2D eigenvalue weighted by molar-refractivity contribution is 5.69. The van der Waals surface area contributed by atoms with Crippen molar-refractivity contribution in [1.82, 2.24) is 9.88 Å².